The molecule has 1 atom stereocenters. The Morgan fingerprint density at radius 1 is 1.58 bits per heavy atom. The number of benzene rings is 1. The van der Waals surface area contributed by atoms with Crippen LogP contribution in [0, 0.1) is 12.8 Å². The van der Waals surface area contributed by atoms with Gasteiger partial charge < -0.3 is 16.0 Å². The van der Waals surface area contributed by atoms with Crippen LogP contribution < -0.4 is 11.1 Å². The van der Waals surface area contributed by atoms with Crippen LogP contribution in [0.15, 0.2) is 18.2 Å². The van der Waals surface area contributed by atoms with E-state index in [1.165, 1.54) is 4.90 Å². The van der Waals surface area contributed by atoms with Gasteiger partial charge in [-0.15, -0.1) is 0 Å². The summed E-state index contributed by atoms with van der Waals surface area (Å²) in [5, 5.41) is 3.39. The zero-order valence-electron chi connectivity index (χ0n) is 11.2. The third-order valence-electron chi connectivity index (χ3n) is 2.80. The zero-order valence-corrected chi connectivity index (χ0v) is 12.8. The number of nitrogens with two attached hydrogens (primary N) is 1. The molecule has 0 fully saturated rings. The van der Waals surface area contributed by atoms with Crippen LogP contribution >= 0.6 is 23.8 Å². The number of carbonyl (C=O) groups is 1. The zero-order chi connectivity index (χ0) is 14.6. The molecule has 0 aromatic heterocycles. The van der Waals surface area contributed by atoms with Crippen LogP contribution in [0.5, 0.6) is 0 Å². The SMILES string of the molecule is Cc1ccc(NC(=O)N(C)CC(C)C(N)=S)cc1Cl. The van der Waals surface area contributed by atoms with E-state index in [0.29, 0.717) is 22.2 Å². The molecule has 1 rings (SSSR count). The number of nitrogens with zero attached hydrogens (tertiary/aromatic N) is 1. The van der Waals surface area contributed by atoms with Gasteiger partial charge in [-0.3, -0.25) is 0 Å². The average molecular weight is 300 g/mol. The lowest BCUT2D eigenvalue weighted by Gasteiger charge is -2.21. The highest BCUT2D eigenvalue weighted by Crippen LogP contribution is 2.20. The molecule has 3 N–H and O–H groups in total. The first-order valence-electron chi connectivity index (χ1n) is 5.89. The molecule has 0 radical (unpaired) electrons. The van der Waals surface area contributed by atoms with Gasteiger partial charge in [0.15, 0.2) is 0 Å². The summed E-state index contributed by atoms with van der Waals surface area (Å²) in [6, 6.07) is 5.17. The van der Waals surface area contributed by atoms with E-state index in [9.17, 15) is 4.79 Å². The molecular formula is C13H18ClN3OS. The highest BCUT2D eigenvalue weighted by atomic mass is 35.5. The molecule has 1 unspecified atom stereocenters. The lowest BCUT2D eigenvalue weighted by molar-refractivity contribution is 0.220. The van der Waals surface area contributed by atoms with Crippen molar-refractivity contribution in [3.63, 3.8) is 0 Å². The minimum Gasteiger partial charge on any atom is -0.393 e. The number of nitrogens with one attached hydrogen (secondary N) is 1. The van der Waals surface area contributed by atoms with Gasteiger partial charge in [0, 0.05) is 30.2 Å². The van der Waals surface area contributed by atoms with Crippen molar-refractivity contribution in [2.24, 2.45) is 11.7 Å². The molecule has 0 aliphatic carbocycles. The van der Waals surface area contributed by atoms with Crippen molar-refractivity contribution in [1.29, 1.82) is 0 Å². The second-order valence-electron chi connectivity index (χ2n) is 4.58. The van der Waals surface area contributed by atoms with Gasteiger partial charge in [0.1, 0.15) is 0 Å². The van der Waals surface area contributed by atoms with E-state index < -0.39 is 0 Å². The summed E-state index contributed by atoms with van der Waals surface area (Å²) in [6.45, 7) is 4.26. The van der Waals surface area contributed by atoms with Gasteiger partial charge in [-0.25, -0.2) is 4.79 Å². The van der Waals surface area contributed by atoms with Gasteiger partial charge in [0.05, 0.1) is 4.99 Å². The third kappa shape index (κ3) is 4.69. The second-order valence-corrected chi connectivity index (χ2v) is 5.46. The minimum atomic E-state index is -0.219. The predicted molar refractivity (Wildman–Crippen MR) is 83.8 cm³/mol. The molecule has 0 heterocycles. The van der Waals surface area contributed by atoms with Crippen molar-refractivity contribution in [3.05, 3.63) is 28.8 Å². The number of amides is 2. The summed E-state index contributed by atoms with van der Waals surface area (Å²) in [7, 11) is 1.69. The molecule has 0 spiro atoms. The predicted octanol–water partition coefficient (Wildman–Crippen LogP) is 3.03. The Balaban J connectivity index is 2.63. The Morgan fingerprint density at radius 3 is 2.74 bits per heavy atom. The topological polar surface area (TPSA) is 58.4 Å². The summed E-state index contributed by atoms with van der Waals surface area (Å²) >= 11 is 10.9. The Hall–Kier alpha value is -1.33. The van der Waals surface area contributed by atoms with Crippen LogP contribution in [0.25, 0.3) is 0 Å². The molecule has 0 aliphatic heterocycles. The van der Waals surface area contributed by atoms with Gasteiger partial charge in [0.2, 0.25) is 0 Å². The van der Waals surface area contributed by atoms with Gasteiger partial charge in [-0.1, -0.05) is 36.8 Å². The number of hydrogen-bond acceptors (Lipinski definition) is 2. The molecule has 0 saturated carbocycles. The Morgan fingerprint density at radius 2 is 2.21 bits per heavy atom. The third-order valence-corrected chi connectivity index (χ3v) is 3.61. The van der Waals surface area contributed by atoms with Crippen molar-refractivity contribution >= 4 is 40.5 Å². The Labute approximate surface area is 123 Å². The molecular weight excluding hydrogens is 282 g/mol. The van der Waals surface area contributed by atoms with E-state index >= 15 is 0 Å². The van der Waals surface area contributed by atoms with Gasteiger partial charge in [0.25, 0.3) is 0 Å². The quantitative estimate of drug-likeness (QED) is 0.840. The summed E-state index contributed by atoms with van der Waals surface area (Å²) in [6.07, 6.45) is 0. The number of urea groups is 1. The fourth-order valence-electron chi connectivity index (χ4n) is 1.47. The summed E-state index contributed by atoms with van der Waals surface area (Å²) in [5.41, 5.74) is 7.16. The number of rotatable bonds is 4. The van der Waals surface area contributed by atoms with E-state index in [1.54, 1.807) is 13.1 Å². The summed E-state index contributed by atoms with van der Waals surface area (Å²) in [5.74, 6) is -0.0210. The number of carbonyl (C=O) groups excluding carboxylic acids is 1. The molecule has 104 valence electrons. The molecule has 1 aromatic rings. The van der Waals surface area contributed by atoms with Crippen molar-refractivity contribution in [2.45, 2.75) is 13.8 Å². The van der Waals surface area contributed by atoms with E-state index in [0.717, 1.165) is 5.56 Å². The molecule has 2 amide bonds. The fraction of sp³-hybridized carbons (Fsp3) is 0.385. The minimum absolute atomic E-state index is 0.0210. The van der Waals surface area contributed by atoms with Crippen molar-refractivity contribution in [2.75, 3.05) is 18.9 Å². The lowest BCUT2D eigenvalue weighted by Crippen LogP contribution is -2.37. The van der Waals surface area contributed by atoms with Crippen molar-refractivity contribution in [1.82, 2.24) is 4.90 Å². The Bertz CT molecular complexity index is 493. The van der Waals surface area contributed by atoms with Crippen LogP contribution in [0.4, 0.5) is 10.5 Å². The van der Waals surface area contributed by atoms with E-state index in [-0.39, 0.29) is 11.9 Å². The first kappa shape index (κ1) is 15.7. The number of hydrogen-bond donors (Lipinski definition) is 2. The average Bonchev–Trinajstić information content (AvgIpc) is 2.33. The molecule has 0 aliphatic rings. The van der Waals surface area contributed by atoms with Crippen molar-refractivity contribution < 1.29 is 4.79 Å². The van der Waals surface area contributed by atoms with E-state index in [2.05, 4.69) is 5.32 Å². The van der Waals surface area contributed by atoms with Crippen molar-refractivity contribution in [3.8, 4) is 0 Å². The van der Waals surface area contributed by atoms with Crippen LogP contribution in [-0.4, -0.2) is 29.5 Å². The van der Waals surface area contributed by atoms with Crippen LogP contribution in [0.1, 0.15) is 12.5 Å². The highest BCUT2D eigenvalue weighted by molar-refractivity contribution is 7.80. The molecule has 19 heavy (non-hydrogen) atoms. The summed E-state index contributed by atoms with van der Waals surface area (Å²) < 4.78 is 0. The Kier molecular flexibility index (Phi) is 5.57. The van der Waals surface area contributed by atoms with Crippen LogP contribution in [0.3, 0.4) is 0 Å². The van der Waals surface area contributed by atoms with Gasteiger partial charge in [-0.05, 0) is 24.6 Å². The maximum Gasteiger partial charge on any atom is 0.321 e. The molecule has 1 aromatic carbocycles. The number of thiocarbonyl (C=S) groups is 1. The maximum absolute atomic E-state index is 12.0. The first-order valence-corrected chi connectivity index (χ1v) is 6.67. The molecule has 0 saturated heterocycles. The highest BCUT2D eigenvalue weighted by Gasteiger charge is 2.14. The molecule has 4 nitrogen and oxygen atoms in total. The first-order chi connectivity index (χ1) is 8.81. The monoisotopic (exact) mass is 299 g/mol. The number of halogens is 1. The van der Waals surface area contributed by atoms with E-state index in [1.807, 2.05) is 26.0 Å². The normalized spacial score (nSPS) is 11.8. The van der Waals surface area contributed by atoms with Gasteiger partial charge >= 0.3 is 6.03 Å². The smallest absolute Gasteiger partial charge is 0.321 e. The number of aryl methyl sites for hydroxylation is 1. The maximum atomic E-state index is 12.0. The molecule has 6 heteroatoms. The van der Waals surface area contributed by atoms with Gasteiger partial charge in [-0.2, -0.15) is 0 Å². The second kappa shape index (κ2) is 6.73. The lowest BCUT2D eigenvalue weighted by atomic mass is 10.2. The fourth-order valence-corrected chi connectivity index (χ4v) is 1.73. The molecule has 0 bridgehead atoms. The van der Waals surface area contributed by atoms with Crippen LogP contribution in [0.2, 0.25) is 5.02 Å². The van der Waals surface area contributed by atoms with Crippen LogP contribution in [-0.2, 0) is 0 Å². The summed E-state index contributed by atoms with van der Waals surface area (Å²) in [4.78, 5) is 13.9. The largest absolute Gasteiger partial charge is 0.393 e. The standard InChI is InChI=1S/C13H18ClN3OS/c1-8-4-5-10(6-11(8)14)16-13(18)17(3)7-9(2)12(15)19/h4-6,9H,7H2,1-3H3,(H2,15,19)(H,16,18). The van der Waals surface area contributed by atoms with E-state index in [4.69, 9.17) is 29.6 Å². The number of anilines is 1.